The molecule has 2 aliphatic heterocycles. The summed E-state index contributed by atoms with van der Waals surface area (Å²) in [6.45, 7) is 0.914. The van der Waals surface area contributed by atoms with Gasteiger partial charge in [0.25, 0.3) is 10.0 Å². The van der Waals surface area contributed by atoms with Gasteiger partial charge in [-0.05, 0) is 23.3 Å². The highest BCUT2D eigenvalue weighted by Gasteiger charge is 2.45. The molecule has 2 aromatic carbocycles. The van der Waals surface area contributed by atoms with Gasteiger partial charge in [0.15, 0.2) is 0 Å². The van der Waals surface area contributed by atoms with Crippen LogP contribution in [-0.4, -0.2) is 49.9 Å². The summed E-state index contributed by atoms with van der Waals surface area (Å²) < 4.78 is 33.3. The van der Waals surface area contributed by atoms with E-state index in [1.165, 1.54) is 10.4 Å². The van der Waals surface area contributed by atoms with E-state index in [2.05, 4.69) is 10.5 Å². The Morgan fingerprint density at radius 3 is 2.24 bits per heavy atom. The fraction of sp³-hybridized carbons (Fsp3) is 0.308. The molecule has 37 heavy (non-hydrogen) atoms. The van der Waals surface area contributed by atoms with Crippen molar-refractivity contribution in [1.29, 1.82) is 0 Å². The van der Waals surface area contributed by atoms with E-state index in [0.29, 0.717) is 30.1 Å². The number of carbonyl (C=O) groups is 1. The number of sulfonamides is 1. The van der Waals surface area contributed by atoms with Crippen LogP contribution in [0.4, 0.5) is 4.79 Å². The molecule has 0 atom stereocenters. The first-order valence-electron chi connectivity index (χ1n) is 11.9. The minimum Gasteiger partial charge on any atom is -0.392 e. The highest BCUT2D eigenvalue weighted by molar-refractivity contribution is 7.91. The summed E-state index contributed by atoms with van der Waals surface area (Å²) in [5.41, 5.74) is 1.49. The van der Waals surface area contributed by atoms with Crippen molar-refractivity contribution in [2.45, 2.75) is 35.0 Å². The molecule has 3 heterocycles. The molecule has 0 unspecified atom stereocenters. The molecule has 1 fully saturated rings. The minimum absolute atomic E-state index is 0.0347. The van der Waals surface area contributed by atoms with Crippen LogP contribution in [0.15, 0.2) is 82.2 Å². The van der Waals surface area contributed by atoms with E-state index >= 15 is 0 Å². The van der Waals surface area contributed by atoms with E-state index in [0.717, 1.165) is 22.5 Å². The lowest BCUT2D eigenvalue weighted by Crippen LogP contribution is -2.46. The first-order chi connectivity index (χ1) is 17.8. The molecule has 11 heteroatoms. The number of halogens is 1. The van der Waals surface area contributed by atoms with Crippen molar-refractivity contribution >= 4 is 45.0 Å². The number of benzene rings is 2. The van der Waals surface area contributed by atoms with Gasteiger partial charge in [-0.15, -0.1) is 11.3 Å². The highest BCUT2D eigenvalue weighted by atomic mass is 35.5. The van der Waals surface area contributed by atoms with Gasteiger partial charge in [0.2, 0.25) is 5.90 Å². The van der Waals surface area contributed by atoms with Gasteiger partial charge in [0.1, 0.15) is 9.81 Å². The number of carbonyl (C=O) groups excluding carboxylic acids is 1. The van der Waals surface area contributed by atoms with Crippen LogP contribution >= 0.6 is 22.9 Å². The summed E-state index contributed by atoms with van der Waals surface area (Å²) >= 11 is 6.96. The Hall–Kier alpha value is -2.92. The Balaban J connectivity index is 1.14. The number of nitrogens with zero attached hydrogens (tertiary/aromatic N) is 2. The van der Waals surface area contributed by atoms with Crippen molar-refractivity contribution in [3.05, 3.63) is 88.3 Å². The number of ether oxygens (including phenoxy) is 1. The molecule has 1 spiro atoms. The topological polar surface area (TPSA) is 97.3 Å². The average molecular weight is 560 g/mol. The zero-order valence-electron chi connectivity index (χ0n) is 19.9. The Kier molecular flexibility index (Phi) is 7.52. The number of oxime groups is 1. The smallest absolute Gasteiger partial charge is 0.392 e. The van der Waals surface area contributed by atoms with Gasteiger partial charge in [-0.1, -0.05) is 77.4 Å². The van der Waals surface area contributed by atoms with Gasteiger partial charge >= 0.3 is 6.09 Å². The second-order valence-corrected chi connectivity index (χ2v) is 12.9. The number of thiophene rings is 1. The number of nitrogens with one attached hydrogen (secondary N) is 1. The van der Waals surface area contributed by atoms with Gasteiger partial charge in [-0.2, -0.15) is 4.31 Å². The van der Waals surface area contributed by atoms with E-state index in [1.54, 1.807) is 6.07 Å². The number of hydrogen-bond donors (Lipinski definition) is 1. The molecular formula is C26H26ClN3O5S2. The van der Waals surface area contributed by atoms with E-state index in [1.807, 2.05) is 60.7 Å². The molecule has 0 saturated carbocycles. The quantitative estimate of drug-likeness (QED) is 0.447. The predicted molar refractivity (Wildman–Crippen MR) is 142 cm³/mol. The fourth-order valence-electron chi connectivity index (χ4n) is 4.64. The molecule has 5 rings (SSSR count). The maximum absolute atomic E-state index is 12.9. The molecule has 8 nitrogen and oxygen atoms in total. The number of hydrogen-bond acceptors (Lipinski definition) is 7. The molecular weight excluding hydrogens is 534 g/mol. The molecule has 1 amide bonds. The van der Waals surface area contributed by atoms with Crippen LogP contribution in [0.3, 0.4) is 0 Å². The molecule has 0 radical (unpaired) electrons. The Bertz CT molecular complexity index is 1330. The third-order valence-electron chi connectivity index (χ3n) is 6.66. The first-order valence-corrected chi connectivity index (χ1v) is 14.5. The Morgan fingerprint density at radius 2 is 1.68 bits per heavy atom. The van der Waals surface area contributed by atoms with Gasteiger partial charge in [0, 0.05) is 38.4 Å². The lowest BCUT2D eigenvalue weighted by Gasteiger charge is -2.35. The van der Waals surface area contributed by atoms with E-state index in [4.69, 9.17) is 21.2 Å². The lowest BCUT2D eigenvalue weighted by molar-refractivity contribution is -0.0506. The van der Waals surface area contributed by atoms with Crippen LogP contribution in [0.5, 0.6) is 0 Å². The fourth-order valence-corrected chi connectivity index (χ4v) is 7.71. The van der Waals surface area contributed by atoms with Gasteiger partial charge in [-0.25, -0.2) is 13.2 Å². The SMILES string of the molecule is O=C(NCC(c1ccccc1)c1ccccc1)OC1=NOC2(CCN(S(=O)(=O)c3ccc(Cl)s3)CC2)C1. The van der Waals surface area contributed by atoms with Crippen molar-refractivity contribution in [2.75, 3.05) is 19.6 Å². The van der Waals surface area contributed by atoms with E-state index in [9.17, 15) is 13.2 Å². The third kappa shape index (κ3) is 5.82. The van der Waals surface area contributed by atoms with Gasteiger partial charge < -0.3 is 14.9 Å². The first kappa shape index (κ1) is 25.7. The van der Waals surface area contributed by atoms with Crippen LogP contribution in [0.25, 0.3) is 0 Å². The van der Waals surface area contributed by atoms with Crippen LogP contribution in [0, 0.1) is 0 Å². The highest BCUT2D eigenvalue weighted by Crippen LogP contribution is 2.37. The largest absolute Gasteiger partial charge is 0.413 e. The lowest BCUT2D eigenvalue weighted by atomic mass is 9.89. The molecule has 0 bridgehead atoms. The van der Waals surface area contributed by atoms with Crippen molar-refractivity contribution in [3.8, 4) is 0 Å². The van der Waals surface area contributed by atoms with Crippen LogP contribution in [-0.2, 0) is 19.6 Å². The Morgan fingerprint density at radius 1 is 1.05 bits per heavy atom. The third-order valence-corrected chi connectivity index (χ3v) is 10.3. The summed E-state index contributed by atoms with van der Waals surface area (Å²) in [5, 5.41) is 6.85. The monoisotopic (exact) mass is 559 g/mol. The minimum atomic E-state index is -3.60. The van der Waals surface area contributed by atoms with Crippen molar-refractivity contribution in [2.24, 2.45) is 5.16 Å². The van der Waals surface area contributed by atoms with E-state index in [-0.39, 0.29) is 29.1 Å². The van der Waals surface area contributed by atoms with Gasteiger partial charge in [0.05, 0.1) is 10.8 Å². The summed E-state index contributed by atoms with van der Waals surface area (Å²) in [6.07, 6.45) is 0.576. The maximum Gasteiger partial charge on any atom is 0.413 e. The predicted octanol–water partition coefficient (Wildman–Crippen LogP) is 5.22. The number of rotatable bonds is 6. The zero-order valence-corrected chi connectivity index (χ0v) is 22.3. The van der Waals surface area contributed by atoms with Crippen molar-refractivity contribution < 1.29 is 22.8 Å². The number of alkyl carbamates (subject to hydrolysis) is 1. The summed E-state index contributed by atoms with van der Waals surface area (Å²) in [6, 6.07) is 23.0. The summed E-state index contributed by atoms with van der Waals surface area (Å²) in [5.74, 6) is 0.155. The van der Waals surface area contributed by atoms with Gasteiger partial charge in [-0.3, -0.25) is 0 Å². The molecule has 1 saturated heterocycles. The summed E-state index contributed by atoms with van der Waals surface area (Å²) in [7, 11) is -3.60. The number of piperidine rings is 1. The molecule has 0 aliphatic carbocycles. The van der Waals surface area contributed by atoms with Crippen LogP contribution in [0.1, 0.15) is 36.3 Å². The van der Waals surface area contributed by atoms with Crippen LogP contribution < -0.4 is 5.32 Å². The van der Waals surface area contributed by atoms with E-state index < -0.39 is 21.7 Å². The molecule has 3 aromatic rings. The van der Waals surface area contributed by atoms with Crippen LogP contribution in [0.2, 0.25) is 4.34 Å². The summed E-state index contributed by atoms with van der Waals surface area (Å²) in [4.78, 5) is 18.3. The Labute approximate surface area is 224 Å². The second-order valence-electron chi connectivity index (χ2n) is 9.04. The average Bonchev–Trinajstić information content (AvgIpc) is 3.52. The molecule has 1 N–H and O–H groups in total. The second kappa shape index (κ2) is 10.8. The molecule has 1 aromatic heterocycles. The maximum atomic E-state index is 12.9. The molecule has 194 valence electrons. The van der Waals surface area contributed by atoms with Crippen molar-refractivity contribution in [1.82, 2.24) is 9.62 Å². The molecule has 2 aliphatic rings. The number of amides is 1. The standard InChI is InChI=1S/C26H26ClN3O5S2/c27-22-11-12-24(36-22)37(32,33)30-15-13-26(14-16-30)17-23(29-35-26)34-25(31)28-18-21(19-7-3-1-4-8-19)20-9-5-2-6-10-20/h1-12,21H,13-18H2,(H,28,31). The zero-order chi connectivity index (χ0) is 25.9. The normalized spacial score (nSPS) is 17.4. The van der Waals surface area contributed by atoms with Crippen molar-refractivity contribution in [3.63, 3.8) is 0 Å².